The van der Waals surface area contributed by atoms with Crippen LogP contribution in [-0.2, 0) is 0 Å². The van der Waals surface area contributed by atoms with Crippen molar-refractivity contribution in [2.75, 3.05) is 51.3 Å². The Balaban J connectivity index is 1.40. The number of ether oxygens (including phenoxy) is 2. The lowest BCUT2D eigenvalue weighted by Crippen LogP contribution is -2.46. The Morgan fingerprint density at radius 2 is 1.69 bits per heavy atom. The Morgan fingerprint density at radius 1 is 0.923 bits per heavy atom. The van der Waals surface area contributed by atoms with Gasteiger partial charge in [-0.15, -0.1) is 0 Å². The summed E-state index contributed by atoms with van der Waals surface area (Å²) in [5.41, 5.74) is 3.70. The van der Waals surface area contributed by atoms with Gasteiger partial charge in [0.15, 0.2) is 0 Å². The van der Waals surface area contributed by atoms with E-state index in [0.29, 0.717) is 0 Å². The van der Waals surface area contributed by atoms with Crippen molar-refractivity contribution in [2.45, 2.75) is 20.3 Å². The van der Waals surface area contributed by atoms with E-state index in [0.717, 1.165) is 57.3 Å². The zero-order valence-corrected chi connectivity index (χ0v) is 16.2. The molecule has 0 unspecified atom stereocenters. The summed E-state index contributed by atoms with van der Waals surface area (Å²) in [4.78, 5) is 4.94. The normalized spacial score (nSPS) is 15.1. The second-order valence-corrected chi connectivity index (χ2v) is 6.97. The third-order valence-corrected chi connectivity index (χ3v) is 5.00. The molecule has 0 radical (unpaired) electrons. The Morgan fingerprint density at radius 3 is 2.42 bits per heavy atom. The number of hydrogen-bond acceptors (Lipinski definition) is 4. The molecule has 1 aliphatic rings. The molecular weight excluding hydrogens is 324 g/mol. The summed E-state index contributed by atoms with van der Waals surface area (Å²) >= 11 is 0. The van der Waals surface area contributed by atoms with Crippen LogP contribution < -0.4 is 14.4 Å². The van der Waals surface area contributed by atoms with Crippen LogP contribution in [0.5, 0.6) is 11.5 Å². The van der Waals surface area contributed by atoms with Gasteiger partial charge in [0.2, 0.25) is 0 Å². The first-order valence-electron chi connectivity index (χ1n) is 9.48. The van der Waals surface area contributed by atoms with E-state index in [-0.39, 0.29) is 0 Å². The number of rotatable bonds is 7. The van der Waals surface area contributed by atoms with Crippen molar-refractivity contribution >= 4 is 5.69 Å². The minimum atomic E-state index is 0.774. The largest absolute Gasteiger partial charge is 0.495 e. The summed E-state index contributed by atoms with van der Waals surface area (Å²) in [5.74, 6) is 1.97. The highest BCUT2D eigenvalue weighted by atomic mass is 16.5. The molecule has 4 nitrogen and oxygen atoms in total. The molecule has 1 aliphatic heterocycles. The highest BCUT2D eigenvalue weighted by molar-refractivity contribution is 5.58. The van der Waals surface area contributed by atoms with Crippen LogP contribution in [-0.4, -0.2) is 51.3 Å². The SMILES string of the molecule is COc1ccccc1N1CCN(CCCOc2ccc(C)cc2C)CC1. The van der Waals surface area contributed by atoms with Crippen molar-refractivity contribution < 1.29 is 9.47 Å². The van der Waals surface area contributed by atoms with E-state index < -0.39 is 0 Å². The Labute approximate surface area is 157 Å². The zero-order valence-electron chi connectivity index (χ0n) is 16.2. The molecule has 0 amide bonds. The number of methoxy groups -OCH3 is 1. The maximum Gasteiger partial charge on any atom is 0.142 e. The summed E-state index contributed by atoms with van der Waals surface area (Å²) in [6.45, 7) is 10.3. The highest BCUT2D eigenvalue weighted by Gasteiger charge is 2.19. The van der Waals surface area contributed by atoms with Gasteiger partial charge in [-0.3, -0.25) is 4.90 Å². The van der Waals surface area contributed by atoms with Crippen molar-refractivity contribution in [1.29, 1.82) is 0 Å². The first-order valence-corrected chi connectivity index (χ1v) is 9.48. The number of nitrogens with zero attached hydrogens (tertiary/aromatic N) is 2. The van der Waals surface area contributed by atoms with Gasteiger partial charge in [0.25, 0.3) is 0 Å². The fourth-order valence-electron chi connectivity index (χ4n) is 3.53. The van der Waals surface area contributed by atoms with E-state index in [9.17, 15) is 0 Å². The summed E-state index contributed by atoms with van der Waals surface area (Å²) in [7, 11) is 1.74. The Bertz CT molecular complexity index is 709. The monoisotopic (exact) mass is 354 g/mol. The maximum absolute atomic E-state index is 5.95. The molecule has 26 heavy (non-hydrogen) atoms. The molecule has 1 heterocycles. The lowest BCUT2D eigenvalue weighted by molar-refractivity contribution is 0.224. The Kier molecular flexibility index (Phi) is 6.40. The van der Waals surface area contributed by atoms with E-state index >= 15 is 0 Å². The van der Waals surface area contributed by atoms with Gasteiger partial charge in [-0.2, -0.15) is 0 Å². The number of benzene rings is 2. The van der Waals surface area contributed by atoms with Gasteiger partial charge in [-0.05, 0) is 44.0 Å². The summed E-state index contributed by atoms with van der Waals surface area (Å²) < 4.78 is 11.4. The second-order valence-electron chi connectivity index (χ2n) is 6.97. The van der Waals surface area contributed by atoms with Crippen molar-refractivity contribution in [2.24, 2.45) is 0 Å². The van der Waals surface area contributed by atoms with Gasteiger partial charge in [0, 0.05) is 32.7 Å². The van der Waals surface area contributed by atoms with Gasteiger partial charge in [0.1, 0.15) is 11.5 Å². The summed E-state index contributed by atoms with van der Waals surface area (Å²) in [5, 5.41) is 0. The number of piperazine rings is 1. The van der Waals surface area contributed by atoms with Gasteiger partial charge >= 0.3 is 0 Å². The van der Waals surface area contributed by atoms with Gasteiger partial charge in [0.05, 0.1) is 19.4 Å². The minimum Gasteiger partial charge on any atom is -0.495 e. The van der Waals surface area contributed by atoms with Crippen LogP contribution >= 0.6 is 0 Å². The molecule has 0 atom stereocenters. The molecule has 1 saturated heterocycles. The van der Waals surface area contributed by atoms with Crippen molar-refractivity contribution in [3.05, 3.63) is 53.6 Å². The Hall–Kier alpha value is -2.20. The minimum absolute atomic E-state index is 0.774. The third kappa shape index (κ3) is 4.70. The van der Waals surface area contributed by atoms with Gasteiger partial charge in [-0.25, -0.2) is 0 Å². The van der Waals surface area contributed by atoms with Crippen LogP contribution in [0.1, 0.15) is 17.5 Å². The zero-order chi connectivity index (χ0) is 18.4. The van der Waals surface area contributed by atoms with E-state index in [1.807, 2.05) is 12.1 Å². The van der Waals surface area contributed by atoms with Crippen molar-refractivity contribution in [3.8, 4) is 11.5 Å². The quantitative estimate of drug-likeness (QED) is 0.704. The molecular formula is C22H30N2O2. The number of hydrogen-bond donors (Lipinski definition) is 0. The molecule has 0 bridgehead atoms. The molecule has 0 aliphatic carbocycles. The molecule has 0 N–H and O–H groups in total. The molecule has 2 aromatic rings. The number of anilines is 1. The first kappa shape index (κ1) is 18.6. The molecule has 3 rings (SSSR count). The van der Waals surface area contributed by atoms with Gasteiger partial charge in [-0.1, -0.05) is 29.8 Å². The van der Waals surface area contributed by atoms with E-state index in [4.69, 9.17) is 9.47 Å². The predicted octanol–water partition coefficient (Wildman–Crippen LogP) is 3.90. The smallest absolute Gasteiger partial charge is 0.142 e. The van der Waals surface area contributed by atoms with Crippen molar-refractivity contribution in [1.82, 2.24) is 4.90 Å². The lowest BCUT2D eigenvalue weighted by Gasteiger charge is -2.36. The van der Waals surface area contributed by atoms with Crippen LogP contribution in [0.3, 0.4) is 0 Å². The molecule has 0 aromatic heterocycles. The molecule has 4 heteroatoms. The first-order chi connectivity index (χ1) is 12.7. The predicted molar refractivity (Wildman–Crippen MR) is 108 cm³/mol. The fourth-order valence-corrected chi connectivity index (χ4v) is 3.53. The topological polar surface area (TPSA) is 24.9 Å². The molecule has 2 aromatic carbocycles. The molecule has 1 fully saturated rings. The molecule has 0 saturated carbocycles. The van der Waals surface area contributed by atoms with E-state index in [2.05, 4.69) is 54.0 Å². The van der Waals surface area contributed by atoms with Crippen LogP contribution in [0.25, 0.3) is 0 Å². The average molecular weight is 354 g/mol. The van der Waals surface area contributed by atoms with Crippen molar-refractivity contribution in [3.63, 3.8) is 0 Å². The summed E-state index contributed by atoms with van der Waals surface area (Å²) in [6, 6.07) is 14.6. The maximum atomic E-state index is 5.95. The molecule has 0 spiro atoms. The molecule has 140 valence electrons. The number of aryl methyl sites for hydroxylation is 2. The summed E-state index contributed by atoms with van der Waals surface area (Å²) in [6.07, 6.45) is 1.06. The van der Waals surface area contributed by atoms with E-state index in [1.54, 1.807) is 7.11 Å². The van der Waals surface area contributed by atoms with Crippen LogP contribution in [0.2, 0.25) is 0 Å². The highest BCUT2D eigenvalue weighted by Crippen LogP contribution is 2.28. The second kappa shape index (κ2) is 8.95. The van der Waals surface area contributed by atoms with Crippen LogP contribution in [0.4, 0.5) is 5.69 Å². The van der Waals surface area contributed by atoms with E-state index in [1.165, 1.54) is 16.8 Å². The van der Waals surface area contributed by atoms with Crippen LogP contribution in [0.15, 0.2) is 42.5 Å². The average Bonchev–Trinajstić information content (AvgIpc) is 2.67. The van der Waals surface area contributed by atoms with Gasteiger partial charge < -0.3 is 14.4 Å². The third-order valence-electron chi connectivity index (χ3n) is 5.00. The number of para-hydroxylation sites is 2. The standard InChI is InChI=1S/C22H30N2O2/c1-18-9-10-21(19(2)17-18)26-16-6-11-23-12-14-24(15-13-23)20-7-4-5-8-22(20)25-3/h4-5,7-10,17H,6,11-16H2,1-3H3. The lowest BCUT2D eigenvalue weighted by atomic mass is 10.1. The fraction of sp³-hybridized carbons (Fsp3) is 0.455. The van der Waals surface area contributed by atoms with Crippen LogP contribution in [0, 0.1) is 13.8 Å².